The van der Waals surface area contributed by atoms with Crippen LogP contribution >= 0.6 is 11.3 Å². The SMILES string of the molecule is CCC(NC(=O)NCCCc1cccc(OC)c1)c1nccs1. The molecule has 0 aliphatic carbocycles. The Labute approximate surface area is 141 Å². The second-order valence-electron chi connectivity index (χ2n) is 5.19. The van der Waals surface area contributed by atoms with Gasteiger partial charge in [-0.05, 0) is 37.0 Å². The van der Waals surface area contributed by atoms with Gasteiger partial charge in [-0.2, -0.15) is 0 Å². The van der Waals surface area contributed by atoms with Crippen molar-refractivity contribution in [1.29, 1.82) is 0 Å². The molecule has 0 radical (unpaired) electrons. The van der Waals surface area contributed by atoms with Gasteiger partial charge in [-0.25, -0.2) is 9.78 Å². The van der Waals surface area contributed by atoms with Crippen LogP contribution in [-0.4, -0.2) is 24.7 Å². The van der Waals surface area contributed by atoms with E-state index in [1.165, 1.54) is 5.56 Å². The molecule has 0 aliphatic heterocycles. The second kappa shape index (κ2) is 9.15. The Morgan fingerprint density at radius 3 is 3.00 bits per heavy atom. The summed E-state index contributed by atoms with van der Waals surface area (Å²) in [6.07, 6.45) is 4.37. The van der Waals surface area contributed by atoms with Gasteiger partial charge in [0.15, 0.2) is 0 Å². The molecule has 0 saturated heterocycles. The summed E-state index contributed by atoms with van der Waals surface area (Å²) in [6, 6.07) is 7.84. The predicted molar refractivity (Wildman–Crippen MR) is 93.0 cm³/mol. The largest absolute Gasteiger partial charge is 0.497 e. The van der Waals surface area contributed by atoms with E-state index < -0.39 is 0 Å². The summed E-state index contributed by atoms with van der Waals surface area (Å²) in [5, 5.41) is 8.73. The van der Waals surface area contributed by atoms with Crippen LogP contribution in [0.5, 0.6) is 5.75 Å². The van der Waals surface area contributed by atoms with E-state index in [4.69, 9.17) is 4.74 Å². The molecule has 0 spiro atoms. The van der Waals surface area contributed by atoms with E-state index in [0.29, 0.717) is 6.54 Å². The Kier molecular flexibility index (Phi) is 6.87. The topological polar surface area (TPSA) is 63.2 Å². The third kappa shape index (κ3) is 5.56. The quantitative estimate of drug-likeness (QED) is 0.726. The Bertz CT molecular complexity index is 602. The molecular weight excluding hydrogens is 310 g/mol. The van der Waals surface area contributed by atoms with E-state index in [1.54, 1.807) is 24.6 Å². The lowest BCUT2D eigenvalue weighted by atomic mass is 10.1. The van der Waals surface area contributed by atoms with Gasteiger partial charge in [0, 0.05) is 18.1 Å². The van der Waals surface area contributed by atoms with Crippen molar-refractivity contribution in [3.8, 4) is 5.75 Å². The van der Waals surface area contributed by atoms with Gasteiger partial charge < -0.3 is 15.4 Å². The van der Waals surface area contributed by atoms with Crippen molar-refractivity contribution >= 4 is 17.4 Å². The highest BCUT2D eigenvalue weighted by molar-refractivity contribution is 7.09. The number of methoxy groups -OCH3 is 1. The van der Waals surface area contributed by atoms with Crippen LogP contribution in [-0.2, 0) is 6.42 Å². The average molecular weight is 333 g/mol. The van der Waals surface area contributed by atoms with Crippen LogP contribution in [0.3, 0.4) is 0 Å². The van der Waals surface area contributed by atoms with Gasteiger partial charge in [0.2, 0.25) is 0 Å². The molecule has 0 aliphatic rings. The first-order chi connectivity index (χ1) is 11.2. The lowest BCUT2D eigenvalue weighted by Gasteiger charge is -2.15. The molecule has 2 rings (SSSR count). The molecule has 1 aromatic carbocycles. The number of carbonyl (C=O) groups excluding carboxylic acids is 1. The van der Waals surface area contributed by atoms with Gasteiger partial charge in [-0.15, -0.1) is 11.3 Å². The molecule has 6 heteroatoms. The molecule has 1 aromatic heterocycles. The zero-order valence-electron chi connectivity index (χ0n) is 13.5. The fraction of sp³-hybridized carbons (Fsp3) is 0.412. The van der Waals surface area contributed by atoms with Crippen molar-refractivity contribution in [2.75, 3.05) is 13.7 Å². The number of urea groups is 1. The summed E-state index contributed by atoms with van der Waals surface area (Å²) in [4.78, 5) is 16.2. The van der Waals surface area contributed by atoms with E-state index in [-0.39, 0.29) is 12.1 Å². The van der Waals surface area contributed by atoms with Gasteiger partial charge >= 0.3 is 6.03 Å². The van der Waals surface area contributed by atoms with E-state index in [9.17, 15) is 4.79 Å². The number of carbonyl (C=O) groups is 1. The normalized spacial score (nSPS) is 11.7. The Morgan fingerprint density at radius 2 is 2.30 bits per heavy atom. The van der Waals surface area contributed by atoms with E-state index in [1.807, 2.05) is 30.5 Å². The van der Waals surface area contributed by atoms with Crippen molar-refractivity contribution in [2.45, 2.75) is 32.2 Å². The number of aryl methyl sites for hydroxylation is 1. The van der Waals surface area contributed by atoms with Crippen LogP contribution < -0.4 is 15.4 Å². The standard InChI is InChI=1S/C17H23N3O2S/c1-3-15(16-18-10-11-23-16)20-17(21)19-9-5-7-13-6-4-8-14(12-13)22-2/h4,6,8,10-12,15H,3,5,7,9H2,1-2H3,(H2,19,20,21). The van der Waals surface area contributed by atoms with Crippen LogP contribution in [0, 0.1) is 0 Å². The lowest BCUT2D eigenvalue weighted by Crippen LogP contribution is -2.38. The highest BCUT2D eigenvalue weighted by atomic mass is 32.1. The van der Waals surface area contributed by atoms with Crippen molar-refractivity contribution in [3.05, 3.63) is 46.4 Å². The number of benzene rings is 1. The van der Waals surface area contributed by atoms with Gasteiger partial charge in [-0.1, -0.05) is 19.1 Å². The fourth-order valence-corrected chi connectivity index (χ4v) is 3.05. The van der Waals surface area contributed by atoms with E-state index >= 15 is 0 Å². The number of amides is 2. The summed E-state index contributed by atoms with van der Waals surface area (Å²) in [6.45, 7) is 2.67. The lowest BCUT2D eigenvalue weighted by molar-refractivity contribution is 0.236. The fourth-order valence-electron chi connectivity index (χ4n) is 2.28. The van der Waals surface area contributed by atoms with Gasteiger partial charge in [0.1, 0.15) is 10.8 Å². The summed E-state index contributed by atoms with van der Waals surface area (Å²) >= 11 is 1.56. The zero-order chi connectivity index (χ0) is 16.5. The molecule has 1 heterocycles. The predicted octanol–water partition coefficient (Wildman–Crippen LogP) is 3.53. The molecular formula is C17H23N3O2S. The van der Waals surface area contributed by atoms with Crippen LogP contribution in [0.4, 0.5) is 4.79 Å². The third-order valence-electron chi connectivity index (χ3n) is 3.53. The number of hydrogen-bond donors (Lipinski definition) is 2. The van der Waals surface area contributed by atoms with Crippen LogP contribution in [0.1, 0.15) is 36.4 Å². The molecule has 2 N–H and O–H groups in total. The maximum atomic E-state index is 12.0. The molecule has 0 saturated carbocycles. The molecule has 124 valence electrons. The Hall–Kier alpha value is -2.08. The maximum absolute atomic E-state index is 12.0. The van der Waals surface area contributed by atoms with Gasteiger partial charge in [0.25, 0.3) is 0 Å². The number of ether oxygens (including phenoxy) is 1. The molecule has 0 bridgehead atoms. The summed E-state index contributed by atoms with van der Waals surface area (Å²) < 4.78 is 5.21. The Morgan fingerprint density at radius 1 is 1.43 bits per heavy atom. The van der Waals surface area contributed by atoms with Crippen LogP contribution in [0.15, 0.2) is 35.8 Å². The first-order valence-electron chi connectivity index (χ1n) is 7.79. The van der Waals surface area contributed by atoms with Crippen molar-refractivity contribution in [2.24, 2.45) is 0 Å². The first-order valence-corrected chi connectivity index (χ1v) is 8.67. The minimum absolute atomic E-state index is 0.0200. The minimum Gasteiger partial charge on any atom is -0.497 e. The third-order valence-corrected chi connectivity index (χ3v) is 4.41. The highest BCUT2D eigenvalue weighted by Crippen LogP contribution is 2.18. The molecule has 5 nitrogen and oxygen atoms in total. The van der Waals surface area contributed by atoms with E-state index in [2.05, 4.69) is 21.7 Å². The van der Waals surface area contributed by atoms with Crippen LogP contribution in [0.2, 0.25) is 0 Å². The second-order valence-corrected chi connectivity index (χ2v) is 6.11. The minimum atomic E-state index is -0.141. The van der Waals surface area contributed by atoms with Crippen LogP contribution in [0.25, 0.3) is 0 Å². The van der Waals surface area contributed by atoms with E-state index in [0.717, 1.165) is 30.0 Å². The van der Waals surface area contributed by atoms with Gasteiger partial charge in [0.05, 0.1) is 13.2 Å². The molecule has 0 fully saturated rings. The van der Waals surface area contributed by atoms with Gasteiger partial charge in [-0.3, -0.25) is 0 Å². The van der Waals surface area contributed by atoms with Crippen molar-refractivity contribution < 1.29 is 9.53 Å². The number of rotatable bonds is 8. The van der Waals surface area contributed by atoms with Crippen molar-refractivity contribution in [1.82, 2.24) is 15.6 Å². The molecule has 2 aromatic rings. The molecule has 1 unspecified atom stereocenters. The number of nitrogens with zero attached hydrogens (tertiary/aromatic N) is 1. The Balaban J connectivity index is 1.70. The molecule has 23 heavy (non-hydrogen) atoms. The molecule has 2 amide bonds. The monoisotopic (exact) mass is 333 g/mol. The zero-order valence-corrected chi connectivity index (χ0v) is 14.4. The summed E-state index contributed by atoms with van der Waals surface area (Å²) in [7, 11) is 1.66. The summed E-state index contributed by atoms with van der Waals surface area (Å²) in [5.74, 6) is 0.863. The number of thiazole rings is 1. The average Bonchev–Trinajstić information content (AvgIpc) is 3.11. The first kappa shape index (κ1) is 17.3. The smallest absolute Gasteiger partial charge is 0.315 e. The summed E-state index contributed by atoms with van der Waals surface area (Å²) in [5.41, 5.74) is 1.21. The number of nitrogens with one attached hydrogen (secondary N) is 2. The van der Waals surface area contributed by atoms with Crippen molar-refractivity contribution in [3.63, 3.8) is 0 Å². The highest BCUT2D eigenvalue weighted by Gasteiger charge is 2.14. The number of aromatic nitrogens is 1. The maximum Gasteiger partial charge on any atom is 0.315 e. The number of hydrogen-bond acceptors (Lipinski definition) is 4. The molecule has 1 atom stereocenters.